The van der Waals surface area contributed by atoms with Gasteiger partial charge in [-0.1, -0.05) is 110 Å². The fourth-order valence-electron chi connectivity index (χ4n) is 3.74. The van der Waals surface area contributed by atoms with Gasteiger partial charge in [0, 0.05) is 12.4 Å². The van der Waals surface area contributed by atoms with Crippen LogP contribution in [-0.2, 0) is 12.8 Å². The van der Waals surface area contributed by atoms with Gasteiger partial charge in [0.1, 0.15) is 0 Å². The van der Waals surface area contributed by atoms with Crippen molar-refractivity contribution in [3.05, 3.63) is 29.6 Å². The van der Waals surface area contributed by atoms with Crippen LogP contribution in [0.2, 0.25) is 0 Å². The number of hydrogen-bond donors (Lipinski definition) is 0. The summed E-state index contributed by atoms with van der Waals surface area (Å²) in [7, 11) is 0. The first-order valence-corrected chi connectivity index (χ1v) is 11.8. The lowest BCUT2D eigenvalue weighted by Crippen LogP contribution is -1.93. The molecule has 0 aliphatic rings. The normalized spacial score (nSPS) is 11.2. The van der Waals surface area contributed by atoms with E-state index in [1.165, 1.54) is 127 Å². The molecular weight excluding hydrogens is 314 g/mol. The van der Waals surface area contributed by atoms with Crippen LogP contribution in [0.4, 0.5) is 0 Å². The molecule has 26 heavy (non-hydrogen) atoms. The van der Waals surface area contributed by atoms with Crippen molar-refractivity contribution >= 4 is 0 Å². The molecule has 0 fully saturated rings. The lowest BCUT2D eigenvalue weighted by molar-refractivity contribution is 0.573. The zero-order valence-corrected chi connectivity index (χ0v) is 17.9. The van der Waals surface area contributed by atoms with Crippen LogP contribution in [0, 0.1) is 0 Å². The van der Waals surface area contributed by atoms with E-state index < -0.39 is 0 Å². The third kappa shape index (κ3) is 13.4. The van der Waals surface area contributed by atoms with Gasteiger partial charge in [-0.3, -0.25) is 4.98 Å². The Kier molecular flexibility index (Phi) is 15.7. The summed E-state index contributed by atoms with van der Waals surface area (Å²) in [5.41, 5.74) is 2.90. The Labute approximate surface area is 164 Å². The van der Waals surface area contributed by atoms with Gasteiger partial charge in [0.05, 0.1) is 0 Å². The highest BCUT2D eigenvalue weighted by atomic mass is 14.6. The Balaban J connectivity index is 2.03. The van der Waals surface area contributed by atoms with Crippen LogP contribution >= 0.6 is 0 Å². The van der Waals surface area contributed by atoms with E-state index in [1.807, 2.05) is 0 Å². The molecule has 0 aliphatic carbocycles. The Morgan fingerprint density at radius 3 is 1.23 bits per heavy atom. The summed E-state index contributed by atoms with van der Waals surface area (Å²) in [5.74, 6) is 0. The van der Waals surface area contributed by atoms with Gasteiger partial charge >= 0.3 is 0 Å². The molecule has 1 nitrogen and oxygen atoms in total. The van der Waals surface area contributed by atoms with Crippen LogP contribution in [0.3, 0.4) is 0 Å². The largest absolute Gasteiger partial charge is 0.264 e. The first-order chi connectivity index (χ1) is 12.9. The quantitative estimate of drug-likeness (QED) is 0.240. The molecule has 0 unspecified atom stereocenters. The molecule has 1 aromatic heterocycles. The number of unbranched alkanes of at least 4 members (excludes halogenated alkanes) is 14. The molecule has 1 heterocycles. The summed E-state index contributed by atoms with van der Waals surface area (Å²) < 4.78 is 0. The number of rotatable bonds is 18. The minimum atomic E-state index is 1.22. The van der Waals surface area contributed by atoms with E-state index in [0.29, 0.717) is 0 Å². The Morgan fingerprint density at radius 2 is 0.846 bits per heavy atom. The highest BCUT2D eigenvalue weighted by molar-refractivity contribution is 5.18. The SMILES string of the molecule is CCCCCCCCCCc1cncc(CCCCCCCCCC)c1. The summed E-state index contributed by atoms with van der Waals surface area (Å²) in [6.45, 7) is 4.58. The maximum absolute atomic E-state index is 4.48. The van der Waals surface area contributed by atoms with Gasteiger partial charge in [0.25, 0.3) is 0 Å². The molecule has 0 saturated carbocycles. The minimum absolute atomic E-state index is 1.22. The molecule has 1 heteroatoms. The first kappa shape index (κ1) is 23.2. The maximum Gasteiger partial charge on any atom is 0.0300 e. The molecule has 0 atom stereocenters. The molecule has 0 amide bonds. The number of pyridine rings is 1. The minimum Gasteiger partial charge on any atom is -0.264 e. The molecule has 0 spiro atoms. The van der Waals surface area contributed by atoms with Gasteiger partial charge in [0.2, 0.25) is 0 Å². The van der Waals surface area contributed by atoms with Crippen molar-refractivity contribution in [2.45, 2.75) is 129 Å². The van der Waals surface area contributed by atoms with Gasteiger partial charge in [0.15, 0.2) is 0 Å². The van der Waals surface area contributed by atoms with E-state index in [0.717, 1.165) is 0 Å². The zero-order chi connectivity index (χ0) is 18.7. The van der Waals surface area contributed by atoms with Crippen molar-refractivity contribution in [3.8, 4) is 0 Å². The molecule has 0 aromatic carbocycles. The van der Waals surface area contributed by atoms with Crippen molar-refractivity contribution in [2.24, 2.45) is 0 Å². The van der Waals surface area contributed by atoms with Crippen molar-refractivity contribution in [3.63, 3.8) is 0 Å². The van der Waals surface area contributed by atoms with E-state index >= 15 is 0 Å². The lowest BCUT2D eigenvalue weighted by atomic mass is 10.0. The summed E-state index contributed by atoms with van der Waals surface area (Å²) >= 11 is 0. The summed E-state index contributed by atoms with van der Waals surface area (Å²) in [4.78, 5) is 4.48. The number of aromatic nitrogens is 1. The van der Waals surface area contributed by atoms with Crippen molar-refractivity contribution in [2.75, 3.05) is 0 Å². The Morgan fingerprint density at radius 1 is 0.500 bits per heavy atom. The molecule has 0 radical (unpaired) electrons. The van der Waals surface area contributed by atoms with Crippen molar-refractivity contribution in [1.82, 2.24) is 4.98 Å². The number of hydrogen-bond acceptors (Lipinski definition) is 1. The Bertz CT molecular complexity index is 377. The molecule has 0 bridgehead atoms. The lowest BCUT2D eigenvalue weighted by Gasteiger charge is -2.06. The summed E-state index contributed by atoms with van der Waals surface area (Å²) in [6, 6.07) is 2.41. The van der Waals surface area contributed by atoms with Gasteiger partial charge in [-0.05, 0) is 36.8 Å². The van der Waals surface area contributed by atoms with E-state index in [4.69, 9.17) is 0 Å². The molecule has 0 saturated heterocycles. The van der Waals surface area contributed by atoms with Crippen LogP contribution in [-0.4, -0.2) is 4.98 Å². The standard InChI is InChI=1S/C25H45N/c1-3-5-7-9-11-13-15-17-19-24-21-25(23-26-22-24)20-18-16-14-12-10-8-6-4-2/h21-23H,3-20H2,1-2H3. The third-order valence-corrected chi connectivity index (χ3v) is 5.49. The van der Waals surface area contributed by atoms with E-state index in [2.05, 4.69) is 37.3 Å². The zero-order valence-electron chi connectivity index (χ0n) is 17.9. The summed E-state index contributed by atoms with van der Waals surface area (Å²) in [5, 5.41) is 0. The van der Waals surface area contributed by atoms with Crippen LogP contribution in [0.5, 0.6) is 0 Å². The second kappa shape index (κ2) is 17.6. The Hall–Kier alpha value is -0.850. The predicted octanol–water partition coefficient (Wildman–Crippen LogP) is 8.45. The van der Waals surface area contributed by atoms with Crippen LogP contribution < -0.4 is 0 Å². The molecule has 1 rings (SSSR count). The van der Waals surface area contributed by atoms with Gasteiger partial charge in [-0.2, -0.15) is 0 Å². The first-order valence-electron chi connectivity index (χ1n) is 11.8. The predicted molar refractivity (Wildman–Crippen MR) is 117 cm³/mol. The highest BCUT2D eigenvalue weighted by Gasteiger charge is 1.99. The smallest absolute Gasteiger partial charge is 0.0300 e. The van der Waals surface area contributed by atoms with E-state index in [-0.39, 0.29) is 0 Å². The van der Waals surface area contributed by atoms with E-state index in [1.54, 1.807) is 0 Å². The fraction of sp³-hybridized carbons (Fsp3) is 0.800. The number of aryl methyl sites for hydroxylation is 2. The third-order valence-electron chi connectivity index (χ3n) is 5.49. The van der Waals surface area contributed by atoms with Gasteiger partial charge in [-0.15, -0.1) is 0 Å². The molecule has 150 valence electrons. The fourth-order valence-corrected chi connectivity index (χ4v) is 3.74. The number of nitrogens with zero attached hydrogens (tertiary/aromatic N) is 1. The molecule has 0 aliphatic heterocycles. The van der Waals surface area contributed by atoms with Crippen LogP contribution in [0.15, 0.2) is 18.5 Å². The van der Waals surface area contributed by atoms with Gasteiger partial charge in [-0.25, -0.2) is 0 Å². The topological polar surface area (TPSA) is 12.9 Å². The second-order valence-corrected chi connectivity index (χ2v) is 8.15. The molecule has 0 N–H and O–H groups in total. The van der Waals surface area contributed by atoms with E-state index in [9.17, 15) is 0 Å². The van der Waals surface area contributed by atoms with Crippen LogP contribution in [0.1, 0.15) is 128 Å². The molecule has 1 aromatic rings. The average Bonchev–Trinajstić information content (AvgIpc) is 2.66. The van der Waals surface area contributed by atoms with Crippen molar-refractivity contribution in [1.29, 1.82) is 0 Å². The monoisotopic (exact) mass is 359 g/mol. The average molecular weight is 360 g/mol. The maximum atomic E-state index is 4.48. The molecular formula is C25H45N. The summed E-state index contributed by atoms with van der Waals surface area (Å²) in [6.07, 6.45) is 29.0. The van der Waals surface area contributed by atoms with Gasteiger partial charge < -0.3 is 0 Å². The van der Waals surface area contributed by atoms with Crippen molar-refractivity contribution < 1.29 is 0 Å². The van der Waals surface area contributed by atoms with Crippen LogP contribution in [0.25, 0.3) is 0 Å². The second-order valence-electron chi connectivity index (χ2n) is 8.15. The highest BCUT2D eigenvalue weighted by Crippen LogP contribution is 2.14.